The maximum absolute atomic E-state index is 3.99. The topological polar surface area (TPSA) is 40.7 Å². The van der Waals surface area contributed by atoms with Crippen LogP contribution < -0.4 is 5.32 Å². The van der Waals surface area contributed by atoms with Crippen LogP contribution in [0, 0.1) is 0 Å². The van der Waals surface area contributed by atoms with E-state index in [2.05, 4.69) is 21.6 Å². The smallest absolute Gasteiger partial charge is 0.0564 e. The van der Waals surface area contributed by atoms with E-state index < -0.39 is 0 Å². The molecule has 1 atom stereocenters. The number of hydrogen-bond acceptors (Lipinski definition) is 2. The van der Waals surface area contributed by atoms with Gasteiger partial charge in [0.1, 0.15) is 0 Å². The van der Waals surface area contributed by atoms with Crippen molar-refractivity contribution in [1.29, 1.82) is 0 Å². The van der Waals surface area contributed by atoms with Crippen LogP contribution >= 0.6 is 0 Å². The Bertz CT molecular complexity index is 300. The molecular formula is C11H17N3. The summed E-state index contributed by atoms with van der Waals surface area (Å²) in [6.07, 6.45) is 11.3. The van der Waals surface area contributed by atoms with Crippen LogP contribution in [0.3, 0.4) is 0 Å². The molecule has 2 N–H and O–H groups in total. The van der Waals surface area contributed by atoms with Gasteiger partial charge in [-0.2, -0.15) is 5.10 Å². The van der Waals surface area contributed by atoms with Gasteiger partial charge in [0.15, 0.2) is 0 Å². The lowest BCUT2D eigenvalue weighted by molar-refractivity contribution is 0.593. The van der Waals surface area contributed by atoms with Gasteiger partial charge in [-0.05, 0) is 32.7 Å². The van der Waals surface area contributed by atoms with Gasteiger partial charge >= 0.3 is 0 Å². The van der Waals surface area contributed by atoms with Gasteiger partial charge in [0.25, 0.3) is 0 Å². The van der Waals surface area contributed by atoms with Gasteiger partial charge in [0.05, 0.1) is 12.2 Å². The van der Waals surface area contributed by atoms with Crippen molar-refractivity contribution in [3.8, 4) is 0 Å². The third-order valence-electron chi connectivity index (χ3n) is 2.84. The van der Waals surface area contributed by atoms with Crippen molar-refractivity contribution in [1.82, 2.24) is 15.5 Å². The van der Waals surface area contributed by atoms with E-state index in [0.29, 0.717) is 6.04 Å². The molecule has 0 amide bonds. The fourth-order valence-corrected chi connectivity index (χ4v) is 2.11. The van der Waals surface area contributed by atoms with E-state index in [4.69, 9.17) is 0 Å². The molecule has 1 heterocycles. The Morgan fingerprint density at radius 2 is 2.43 bits per heavy atom. The number of nitrogens with zero attached hydrogens (tertiary/aromatic N) is 1. The molecule has 0 bridgehead atoms. The lowest BCUT2D eigenvalue weighted by Gasteiger charge is -2.21. The molecule has 0 saturated carbocycles. The summed E-state index contributed by atoms with van der Waals surface area (Å²) in [6.45, 7) is 0. The predicted molar refractivity (Wildman–Crippen MR) is 56.9 cm³/mol. The number of aromatic nitrogens is 2. The van der Waals surface area contributed by atoms with E-state index in [1.165, 1.54) is 36.8 Å². The maximum atomic E-state index is 3.99. The fourth-order valence-electron chi connectivity index (χ4n) is 2.11. The Hall–Kier alpha value is -1.09. The molecule has 1 aliphatic carbocycles. The number of hydrogen-bond donors (Lipinski definition) is 2. The van der Waals surface area contributed by atoms with Crippen LogP contribution in [0.25, 0.3) is 0 Å². The molecule has 3 heteroatoms. The van der Waals surface area contributed by atoms with Crippen molar-refractivity contribution < 1.29 is 0 Å². The first-order valence-corrected chi connectivity index (χ1v) is 5.26. The zero-order chi connectivity index (χ0) is 9.80. The normalized spacial score (nSPS) is 19.1. The average molecular weight is 191 g/mol. The van der Waals surface area contributed by atoms with Crippen molar-refractivity contribution in [3.05, 3.63) is 29.6 Å². The molecule has 1 unspecified atom stereocenters. The van der Waals surface area contributed by atoms with Gasteiger partial charge in [-0.25, -0.2) is 0 Å². The average Bonchev–Trinajstić information content (AvgIpc) is 2.74. The molecule has 14 heavy (non-hydrogen) atoms. The van der Waals surface area contributed by atoms with Crippen molar-refractivity contribution in [2.24, 2.45) is 0 Å². The summed E-state index contributed by atoms with van der Waals surface area (Å²) in [4.78, 5) is 0. The second-order valence-corrected chi connectivity index (χ2v) is 3.78. The molecule has 0 fully saturated rings. The van der Waals surface area contributed by atoms with Gasteiger partial charge in [-0.3, -0.25) is 5.10 Å². The molecule has 76 valence electrons. The molecule has 0 aromatic carbocycles. The summed E-state index contributed by atoms with van der Waals surface area (Å²) in [6, 6.07) is 0.356. The molecule has 0 aliphatic heterocycles. The Morgan fingerprint density at radius 1 is 1.50 bits per heavy atom. The van der Waals surface area contributed by atoms with Crippen LogP contribution in [0.1, 0.15) is 37.3 Å². The summed E-state index contributed by atoms with van der Waals surface area (Å²) < 4.78 is 0. The molecule has 0 radical (unpaired) electrons. The first kappa shape index (κ1) is 9.46. The summed E-state index contributed by atoms with van der Waals surface area (Å²) in [5.41, 5.74) is 2.75. The first-order chi connectivity index (χ1) is 6.92. The second-order valence-electron chi connectivity index (χ2n) is 3.78. The highest BCUT2D eigenvalue weighted by molar-refractivity contribution is 5.24. The molecule has 0 spiro atoms. The van der Waals surface area contributed by atoms with Crippen molar-refractivity contribution in [2.45, 2.75) is 31.7 Å². The highest BCUT2D eigenvalue weighted by atomic mass is 15.1. The number of H-pyrrole nitrogens is 1. The van der Waals surface area contributed by atoms with Crippen molar-refractivity contribution in [2.75, 3.05) is 7.05 Å². The van der Waals surface area contributed by atoms with Gasteiger partial charge in [-0.1, -0.05) is 11.6 Å². The maximum Gasteiger partial charge on any atom is 0.0564 e. The first-order valence-electron chi connectivity index (χ1n) is 5.26. The largest absolute Gasteiger partial charge is 0.310 e. The minimum atomic E-state index is 0.356. The van der Waals surface area contributed by atoms with E-state index in [9.17, 15) is 0 Å². The van der Waals surface area contributed by atoms with Gasteiger partial charge in [0.2, 0.25) is 0 Å². The zero-order valence-electron chi connectivity index (χ0n) is 8.59. The quantitative estimate of drug-likeness (QED) is 0.719. The van der Waals surface area contributed by atoms with Crippen LogP contribution in [-0.4, -0.2) is 17.2 Å². The van der Waals surface area contributed by atoms with E-state index >= 15 is 0 Å². The number of aromatic amines is 1. The number of likely N-dealkylation sites (N-methyl/N-ethyl adjacent to an activating group) is 1. The van der Waals surface area contributed by atoms with Crippen LogP contribution in [0.4, 0.5) is 0 Å². The lowest BCUT2D eigenvalue weighted by atomic mass is 9.91. The number of rotatable bonds is 3. The van der Waals surface area contributed by atoms with Crippen molar-refractivity contribution >= 4 is 0 Å². The fraction of sp³-hybridized carbons (Fsp3) is 0.545. The third-order valence-corrected chi connectivity index (χ3v) is 2.84. The Labute approximate surface area is 84.6 Å². The highest BCUT2D eigenvalue weighted by Crippen LogP contribution is 2.28. The van der Waals surface area contributed by atoms with Crippen LogP contribution in [-0.2, 0) is 0 Å². The number of allylic oxidation sites excluding steroid dienone is 1. The summed E-state index contributed by atoms with van der Waals surface area (Å²) in [5.74, 6) is 0. The van der Waals surface area contributed by atoms with Crippen molar-refractivity contribution in [3.63, 3.8) is 0 Å². The van der Waals surface area contributed by atoms with E-state index in [0.717, 1.165) is 0 Å². The van der Waals surface area contributed by atoms with Gasteiger partial charge in [0, 0.05) is 11.8 Å². The lowest BCUT2D eigenvalue weighted by Crippen LogP contribution is -2.19. The molecule has 1 aliphatic rings. The minimum absolute atomic E-state index is 0.356. The minimum Gasteiger partial charge on any atom is -0.310 e. The molecule has 2 rings (SSSR count). The summed E-state index contributed by atoms with van der Waals surface area (Å²) >= 11 is 0. The molecule has 0 saturated heterocycles. The standard InChI is InChI=1S/C11H17N3/c1-12-11(10-7-13-14-8-10)9-5-3-2-4-6-9/h5,7-8,11-12H,2-4,6H2,1H3,(H,13,14). The zero-order valence-corrected chi connectivity index (χ0v) is 8.59. The number of nitrogens with one attached hydrogen (secondary N) is 2. The van der Waals surface area contributed by atoms with E-state index in [1.807, 2.05) is 19.4 Å². The van der Waals surface area contributed by atoms with E-state index in [-0.39, 0.29) is 0 Å². The highest BCUT2D eigenvalue weighted by Gasteiger charge is 2.16. The van der Waals surface area contributed by atoms with Crippen LogP contribution in [0.5, 0.6) is 0 Å². The predicted octanol–water partition coefficient (Wildman–Crippen LogP) is 2.17. The Morgan fingerprint density at radius 3 is 3.00 bits per heavy atom. The SMILES string of the molecule is CNC(C1=CCCCC1)c1cn[nH]c1. The van der Waals surface area contributed by atoms with Crippen LogP contribution in [0.15, 0.2) is 24.0 Å². The van der Waals surface area contributed by atoms with Gasteiger partial charge < -0.3 is 5.32 Å². The van der Waals surface area contributed by atoms with Crippen LogP contribution in [0.2, 0.25) is 0 Å². The van der Waals surface area contributed by atoms with Gasteiger partial charge in [-0.15, -0.1) is 0 Å². The molecule has 3 nitrogen and oxygen atoms in total. The second kappa shape index (κ2) is 4.42. The molecule has 1 aromatic rings. The summed E-state index contributed by atoms with van der Waals surface area (Å²) in [7, 11) is 2.01. The van der Waals surface area contributed by atoms with E-state index in [1.54, 1.807) is 0 Å². The Balaban J connectivity index is 2.16. The Kier molecular flexibility index (Phi) is 2.99. The third kappa shape index (κ3) is 1.87. The molecular weight excluding hydrogens is 174 g/mol. The monoisotopic (exact) mass is 191 g/mol. The molecule has 1 aromatic heterocycles. The summed E-state index contributed by atoms with van der Waals surface area (Å²) in [5, 5.41) is 10.2.